The summed E-state index contributed by atoms with van der Waals surface area (Å²) in [5.41, 5.74) is 7.57. The van der Waals surface area contributed by atoms with E-state index in [0.717, 1.165) is 6.07 Å². The van der Waals surface area contributed by atoms with E-state index in [1.165, 1.54) is 20.3 Å². The highest BCUT2D eigenvalue weighted by atomic mass is 19.1. The number of rotatable bonds is 5. The number of amides is 1. The number of methoxy groups -OCH3 is 2. The average molecular weight is 532 g/mol. The van der Waals surface area contributed by atoms with Gasteiger partial charge in [-0.25, -0.2) is 13.8 Å². The van der Waals surface area contributed by atoms with Crippen molar-refractivity contribution in [2.45, 2.75) is 12.5 Å². The van der Waals surface area contributed by atoms with Crippen molar-refractivity contribution in [3.05, 3.63) is 66.4 Å². The zero-order valence-corrected chi connectivity index (χ0v) is 21.1. The van der Waals surface area contributed by atoms with Gasteiger partial charge in [0.2, 0.25) is 5.91 Å². The van der Waals surface area contributed by atoms with E-state index in [4.69, 9.17) is 20.3 Å². The molecule has 2 N–H and O–H groups in total. The Hall–Kier alpha value is -5.05. The Morgan fingerprint density at radius 2 is 1.90 bits per heavy atom. The van der Waals surface area contributed by atoms with E-state index in [9.17, 15) is 13.6 Å². The van der Waals surface area contributed by atoms with Crippen molar-refractivity contribution in [2.24, 2.45) is 0 Å². The molecule has 5 rings (SSSR count). The number of aromatic nitrogens is 5. The average Bonchev–Trinajstić information content (AvgIpc) is 3.59. The highest BCUT2D eigenvalue weighted by molar-refractivity contribution is 6.01. The number of nitrogens with zero attached hydrogens (tertiary/aromatic N) is 6. The van der Waals surface area contributed by atoms with Crippen LogP contribution in [0.5, 0.6) is 11.5 Å². The van der Waals surface area contributed by atoms with E-state index in [2.05, 4.69) is 33.4 Å². The van der Waals surface area contributed by atoms with Crippen molar-refractivity contribution in [2.75, 3.05) is 33.0 Å². The molecule has 1 fully saturated rings. The molecule has 1 saturated heterocycles. The van der Waals surface area contributed by atoms with Gasteiger partial charge in [0.15, 0.2) is 23.1 Å². The van der Waals surface area contributed by atoms with Crippen molar-refractivity contribution in [3.8, 4) is 34.6 Å². The van der Waals surface area contributed by atoms with Crippen LogP contribution in [0.25, 0.3) is 22.2 Å². The molecule has 4 heterocycles. The summed E-state index contributed by atoms with van der Waals surface area (Å²) in [5.74, 6) is 2.83. The van der Waals surface area contributed by atoms with Gasteiger partial charge in [0, 0.05) is 43.3 Å². The molecule has 1 aliphatic heterocycles. The maximum Gasteiger partial charge on any atom is 0.246 e. The summed E-state index contributed by atoms with van der Waals surface area (Å²) in [5, 5.41) is 5.09. The number of hydrogen-bond acceptors (Lipinski definition) is 8. The number of hydrogen-bond donors (Lipinski definition) is 1. The van der Waals surface area contributed by atoms with Gasteiger partial charge in [0.1, 0.15) is 17.1 Å². The second kappa shape index (κ2) is 10.4. The van der Waals surface area contributed by atoms with Gasteiger partial charge in [0.25, 0.3) is 0 Å². The van der Waals surface area contributed by atoms with E-state index in [1.54, 1.807) is 34.4 Å². The number of nitrogen functional groups attached to an aromatic ring is 1. The van der Waals surface area contributed by atoms with Crippen LogP contribution in [0.15, 0.2) is 43.5 Å². The van der Waals surface area contributed by atoms with E-state index >= 15 is 0 Å². The normalized spacial score (nSPS) is 14.7. The SMILES string of the molecule is C=CC(=O)N1CCC(n2nc(C#Cc3c(F)c(OC)cc(OC)c3F)c3c(N)ncc(-c4cnccn4)c32)C1. The fraction of sp³-hybridized carbons (Fsp3) is 0.222. The first-order valence-corrected chi connectivity index (χ1v) is 11.8. The van der Waals surface area contributed by atoms with Crippen LogP contribution in [0, 0.1) is 23.5 Å². The predicted molar refractivity (Wildman–Crippen MR) is 139 cm³/mol. The van der Waals surface area contributed by atoms with Crippen LogP contribution in [-0.4, -0.2) is 62.8 Å². The molecule has 0 radical (unpaired) electrons. The van der Waals surface area contributed by atoms with Crippen LogP contribution in [-0.2, 0) is 4.79 Å². The maximum absolute atomic E-state index is 15.0. The monoisotopic (exact) mass is 531 g/mol. The van der Waals surface area contributed by atoms with Crippen molar-refractivity contribution >= 4 is 22.6 Å². The molecule has 1 unspecified atom stereocenters. The van der Waals surface area contributed by atoms with E-state index in [1.807, 2.05) is 0 Å². The van der Waals surface area contributed by atoms with Gasteiger partial charge < -0.3 is 20.1 Å². The summed E-state index contributed by atoms with van der Waals surface area (Å²) < 4.78 is 41.7. The number of likely N-dealkylation sites (tertiary alicyclic amines) is 1. The number of benzene rings is 1. The molecule has 1 amide bonds. The minimum atomic E-state index is -0.979. The van der Waals surface area contributed by atoms with Crippen molar-refractivity contribution < 1.29 is 23.0 Å². The third-order valence-electron chi connectivity index (χ3n) is 6.47. The third-order valence-corrected chi connectivity index (χ3v) is 6.47. The first-order chi connectivity index (χ1) is 18.9. The standard InChI is InChI=1S/C27H23F2N7O3/c1-4-22(37)35-10-7-15(14-35)36-26-17(19-13-31-8-9-32-19)12-33-27(30)23(26)18(34-36)6-5-16-24(28)20(38-2)11-21(39-3)25(16)29/h4,8-9,11-13,15H,1,7,10,14H2,2-3H3,(H2,30,33). The largest absolute Gasteiger partial charge is 0.493 e. The molecule has 39 heavy (non-hydrogen) atoms. The molecule has 4 aromatic rings. The van der Waals surface area contributed by atoms with Gasteiger partial charge >= 0.3 is 0 Å². The fourth-order valence-electron chi connectivity index (χ4n) is 4.56. The van der Waals surface area contributed by atoms with Gasteiger partial charge in [-0.15, -0.1) is 0 Å². The molecule has 12 heteroatoms. The van der Waals surface area contributed by atoms with Crippen LogP contribution < -0.4 is 15.2 Å². The lowest BCUT2D eigenvalue weighted by atomic mass is 10.1. The Morgan fingerprint density at radius 1 is 1.15 bits per heavy atom. The van der Waals surface area contributed by atoms with Gasteiger partial charge in [-0.1, -0.05) is 12.5 Å². The highest BCUT2D eigenvalue weighted by Crippen LogP contribution is 2.36. The lowest BCUT2D eigenvalue weighted by Crippen LogP contribution is -2.27. The topological polar surface area (TPSA) is 121 Å². The third kappa shape index (κ3) is 4.48. The van der Waals surface area contributed by atoms with E-state index in [-0.39, 0.29) is 35.0 Å². The summed E-state index contributed by atoms with van der Waals surface area (Å²) in [6.07, 6.45) is 8.08. The molecule has 0 saturated carbocycles. The first kappa shape index (κ1) is 25.6. The van der Waals surface area contributed by atoms with Crippen LogP contribution in [0.1, 0.15) is 23.7 Å². The number of fused-ring (bicyclic) bond motifs is 1. The minimum Gasteiger partial charge on any atom is -0.493 e. The lowest BCUT2D eigenvalue weighted by Gasteiger charge is -2.16. The Kier molecular flexibility index (Phi) is 6.81. The molecular formula is C27H23F2N7O3. The Bertz CT molecular complexity index is 1630. The summed E-state index contributed by atoms with van der Waals surface area (Å²) in [7, 11) is 2.51. The number of ether oxygens (including phenoxy) is 2. The predicted octanol–water partition coefficient (Wildman–Crippen LogP) is 3.13. The lowest BCUT2D eigenvalue weighted by molar-refractivity contribution is -0.125. The van der Waals surface area contributed by atoms with Gasteiger partial charge in [-0.3, -0.25) is 19.4 Å². The quantitative estimate of drug-likeness (QED) is 0.308. The van der Waals surface area contributed by atoms with Gasteiger partial charge in [-0.2, -0.15) is 5.10 Å². The Balaban J connectivity index is 1.73. The highest BCUT2D eigenvalue weighted by Gasteiger charge is 2.30. The smallest absolute Gasteiger partial charge is 0.246 e. The molecule has 198 valence electrons. The van der Waals surface area contributed by atoms with Crippen LogP contribution in [0.2, 0.25) is 0 Å². The number of anilines is 1. The van der Waals surface area contributed by atoms with Crippen molar-refractivity contribution in [1.82, 2.24) is 29.6 Å². The number of carbonyl (C=O) groups is 1. The Morgan fingerprint density at radius 3 is 2.54 bits per heavy atom. The van der Waals surface area contributed by atoms with Crippen LogP contribution >= 0.6 is 0 Å². The molecule has 0 aliphatic carbocycles. The molecule has 3 aromatic heterocycles. The number of carbonyl (C=O) groups excluding carboxylic acids is 1. The maximum atomic E-state index is 15.0. The molecule has 1 aromatic carbocycles. The number of pyridine rings is 1. The molecule has 1 atom stereocenters. The molecule has 0 bridgehead atoms. The minimum absolute atomic E-state index is 0.120. The summed E-state index contributed by atoms with van der Waals surface area (Å²) in [4.78, 5) is 26.8. The van der Waals surface area contributed by atoms with E-state index < -0.39 is 17.2 Å². The number of nitrogens with two attached hydrogens (primary N) is 1. The summed E-state index contributed by atoms with van der Waals surface area (Å²) in [6, 6.07) is 0.861. The zero-order valence-electron chi connectivity index (χ0n) is 21.1. The second-order valence-corrected chi connectivity index (χ2v) is 8.63. The number of halogens is 2. The molecule has 10 nitrogen and oxygen atoms in total. The van der Waals surface area contributed by atoms with E-state index in [0.29, 0.717) is 41.7 Å². The van der Waals surface area contributed by atoms with Crippen LogP contribution in [0.4, 0.5) is 14.6 Å². The fourth-order valence-corrected chi connectivity index (χ4v) is 4.56. The van der Waals surface area contributed by atoms with Gasteiger partial charge in [-0.05, 0) is 18.4 Å². The summed E-state index contributed by atoms with van der Waals surface area (Å²) >= 11 is 0. The molecule has 1 aliphatic rings. The molecular weight excluding hydrogens is 508 g/mol. The van der Waals surface area contributed by atoms with Crippen molar-refractivity contribution in [3.63, 3.8) is 0 Å². The van der Waals surface area contributed by atoms with Gasteiger partial charge in [0.05, 0.1) is 43.1 Å². The zero-order chi connectivity index (χ0) is 27.7. The first-order valence-electron chi connectivity index (χ1n) is 11.8. The van der Waals surface area contributed by atoms with Crippen LogP contribution in [0.3, 0.4) is 0 Å². The summed E-state index contributed by atoms with van der Waals surface area (Å²) in [6.45, 7) is 4.43. The molecule has 0 spiro atoms. The van der Waals surface area contributed by atoms with Crippen molar-refractivity contribution in [1.29, 1.82) is 0 Å². The Labute approximate surface area is 222 Å². The second-order valence-electron chi connectivity index (χ2n) is 8.63.